The summed E-state index contributed by atoms with van der Waals surface area (Å²) in [4.78, 5) is 10.7. The summed E-state index contributed by atoms with van der Waals surface area (Å²) in [6.45, 7) is 0. The van der Waals surface area contributed by atoms with E-state index in [1.165, 1.54) is 0 Å². The zero-order valence-electron chi connectivity index (χ0n) is 11.5. The maximum atomic E-state index is 10.7. The molecule has 0 saturated heterocycles. The molecule has 0 radical (unpaired) electrons. The van der Waals surface area contributed by atoms with Crippen molar-refractivity contribution in [2.24, 2.45) is 0 Å². The fourth-order valence-corrected chi connectivity index (χ4v) is 2.21. The normalized spacial score (nSPS) is 10.6. The van der Waals surface area contributed by atoms with Crippen LogP contribution in [0, 0.1) is 0 Å². The third-order valence-electron chi connectivity index (χ3n) is 3.19. The van der Waals surface area contributed by atoms with Gasteiger partial charge in [0.25, 0.3) is 0 Å². The zero-order valence-corrected chi connectivity index (χ0v) is 12.2. The van der Waals surface area contributed by atoms with Crippen molar-refractivity contribution < 1.29 is 9.90 Å². The van der Waals surface area contributed by atoms with Crippen molar-refractivity contribution in [3.63, 3.8) is 0 Å². The van der Waals surface area contributed by atoms with E-state index in [0.717, 1.165) is 22.5 Å². The van der Waals surface area contributed by atoms with Gasteiger partial charge in [-0.25, -0.2) is 4.68 Å². The molecule has 0 fully saturated rings. The number of nitrogens with zero attached hydrogens (tertiary/aromatic N) is 3. The molecule has 6 heteroatoms. The lowest BCUT2D eigenvalue weighted by Crippen LogP contribution is -2.00. The summed E-state index contributed by atoms with van der Waals surface area (Å²) in [5, 5.41) is 17.7. The lowest BCUT2D eigenvalue weighted by atomic mass is 10.1. The summed E-state index contributed by atoms with van der Waals surface area (Å²) in [5.74, 6) is -0.849. The van der Waals surface area contributed by atoms with Gasteiger partial charge in [-0.3, -0.25) is 4.79 Å². The van der Waals surface area contributed by atoms with Crippen LogP contribution in [0.4, 0.5) is 0 Å². The van der Waals surface area contributed by atoms with E-state index >= 15 is 0 Å². The second kappa shape index (κ2) is 5.99. The molecule has 0 atom stereocenters. The van der Waals surface area contributed by atoms with Crippen LogP contribution < -0.4 is 0 Å². The van der Waals surface area contributed by atoms with Crippen LogP contribution in [-0.4, -0.2) is 26.1 Å². The molecule has 0 aliphatic carbocycles. The minimum Gasteiger partial charge on any atom is -0.481 e. The topological polar surface area (TPSA) is 68.0 Å². The molecular formula is C16H12ClN3O2. The first kappa shape index (κ1) is 14.3. The molecule has 1 aromatic heterocycles. The van der Waals surface area contributed by atoms with E-state index in [1.807, 2.05) is 30.5 Å². The molecule has 0 aliphatic heterocycles. The fraction of sp³-hybridized carbons (Fsp3) is 0.0625. The molecule has 3 rings (SSSR count). The maximum absolute atomic E-state index is 10.7. The van der Waals surface area contributed by atoms with Crippen LogP contribution in [0.2, 0.25) is 5.02 Å². The van der Waals surface area contributed by atoms with Crippen LogP contribution in [0.1, 0.15) is 5.56 Å². The van der Waals surface area contributed by atoms with Crippen molar-refractivity contribution in [3.8, 4) is 16.9 Å². The summed E-state index contributed by atoms with van der Waals surface area (Å²) in [6, 6.07) is 14.5. The Morgan fingerprint density at radius 2 is 1.77 bits per heavy atom. The Balaban J connectivity index is 1.84. The molecule has 2 aromatic carbocycles. The number of benzene rings is 2. The zero-order chi connectivity index (χ0) is 15.5. The predicted octanol–water partition coefficient (Wildman–Crippen LogP) is 3.21. The van der Waals surface area contributed by atoms with Crippen LogP contribution in [-0.2, 0) is 11.2 Å². The largest absolute Gasteiger partial charge is 0.481 e. The number of aliphatic carboxylic acids is 1. The SMILES string of the molecule is O=C(O)Cc1ccc(-n2cc(-c3ccc(Cl)cc3)nn2)cc1. The molecule has 0 saturated carbocycles. The van der Waals surface area contributed by atoms with Gasteiger partial charge in [0.2, 0.25) is 0 Å². The number of halogens is 1. The molecule has 0 aliphatic rings. The van der Waals surface area contributed by atoms with Gasteiger partial charge in [0.15, 0.2) is 0 Å². The van der Waals surface area contributed by atoms with Gasteiger partial charge >= 0.3 is 5.97 Å². The highest BCUT2D eigenvalue weighted by Crippen LogP contribution is 2.20. The van der Waals surface area contributed by atoms with Gasteiger partial charge in [-0.1, -0.05) is 41.1 Å². The number of rotatable bonds is 4. The van der Waals surface area contributed by atoms with Gasteiger partial charge in [-0.15, -0.1) is 5.10 Å². The van der Waals surface area contributed by atoms with Gasteiger partial charge in [0.05, 0.1) is 18.3 Å². The van der Waals surface area contributed by atoms with Crippen LogP contribution in [0.3, 0.4) is 0 Å². The van der Waals surface area contributed by atoms with Gasteiger partial charge in [-0.05, 0) is 29.8 Å². The standard InChI is InChI=1S/C16H12ClN3O2/c17-13-5-3-12(4-6-13)15-10-20(19-18-15)14-7-1-11(2-8-14)9-16(21)22/h1-8,10H,9H2,(H,21,22). The summed E-state index contributed by atoms with van der Waals surface area (Å²) in [7, 11) is 0. The lowest BCUT2D eigenvalue weighted by molar-refractivity contribution is -0.136. The average molecular weight is 314 g/mol. The predicted molar refractivity (Wildman–Crippen MR) is 83.1 cm³/mol. The lowest BCUT2D eigenvalue weighted by Gasteiger charge is -2.01. The number of carboxylic acid groups (broad SMARTS) is 1. The van der Waals surface area contributed by atoms with E-state index < -0.39 is 5.97 Å². The summed E-state index contributed by atoms with van der Waals surface area (Å²) >= 11 is 5.87. The third-order valence-corrected chi connectivity index (χ3v) is 3.44. The van der Waals surface area contributed by atoms with Gasteiger partial charge in [0, 0.05) is 10.6 Å². The van der Waals surface area contributed by atoms with Gasteiger partial charge in [-0.2, -0.15) is 0 Å². The minimum absolute atomic E-state index is 0.00760. The first-order valence-electron chi connectivity index (χ1n) is 6.61. The van der Waals surface area contributed by atoms with E-state index in [-0.39, 0.29) is 6.42 Å². The summed E-state index contributed by atoms with van der Waals surface area (Å²) in [6.07, 6.45) is 1.82. The molecule has 0 amide bonds. The molecule has 3 aromatic rings. The Labute approximate surface area is 131 Å². The number of hydrogen-bond acceptors (Lipinski definition) is 3. The maximum Gasteiger partial charge on any atom is 0.307 e. The molecule has 5 nitrogen and oxygen atoms in total. The summed E-state index contributed by atoms with van der Waals surface area (Å²) < 4.78 is 1.65. The number of carbonyl (C=O) groups is 1. The second-order valence-corrected chi connectivity index (χ2v) is 5.23. The van der Waals surface area contributed by atoms with Crippen molar-refractivity contribution in [2.45, 2.75) is 6.42 Å². The van der Waals surface area contributed by atoms with Crippen LogP contribution in [0.25, 0.3) is 16.9 Å². The van der Waals surface area contributed by atoms with E-state index in [4.69, 9.17) is 16.7 Å². The van der Waals surface area contributed by atoms with Gasteiger partial charge < -0.3 is 5.11 Å². The quantitative estimate of drug-likeness (QED) is 0.803. The minimum atomic E-state index is -0.849. The molecule has 110 valence electrons. The van der Waals surface area contributed by atoms with Crippen molar-refractivity contribution >= 4 is 17.6 Å². The Kier molecular flexibility index (Phi) is 3.89. The smallest absolute Gasteiger partial charge is 0.307 e. The Bertz CT molecular complexity index is 795. The van der Waals surface area contributed by atoms with E-state index in [9.17, 15) is 4.79 Å². The first-order valence-corrected chi connectivity index (χ1v) is 6.99. The highest BCUT2D eigenvalue weighted by atomic mass is 35.5. The summed E-state index contributed by atoms with van der Waals surface area (Å²) in [5.41, 5.74) is 3.24. The van der Waals surface area contributed by atoms with Crippen molar-refractivity contribution in [1.82, 2.24) is 15.0 Å². The highest BCUT2D eigenvalue weighted by Gasteiger charge is 2.06. The molecule has 0 spiro atoms. The second-order valence-electron chi connectivity index (χ2n) is 4.79. The highest BCUT2D eigenvalue weighted by molar-refractivity contribution is 6.30. The molecular weight excluding hydrogens is 302 g/mol. The van der Waals surface area contributed by atoms with E-state index in [1.54, 1.807) is 28.9 Å². The van der Waals surface area contributed by atoms with Crippen molar-refractivity contribution in [2.75, 3.05) is 0 Å². The van der Waals surface area contributed by atoms with Crippen molar-refractivity contribution in [1.29, 1.82) is 0 Å². The molecule has 0 bridgehead atoms. The van der Waals surface area contributed by atoms with Crippen LogP contribution in [0.5, 0.6) is 0 Å². The monoisotopic (exact) mass is 313 g/mol. The molecule has 22 heavy (non-hydrogen) atoms. The number of hydrogen-bond donors (Lipinski definition) is 1. The number of aromatic nitrogens is 3. The Morgan fingerprint density at radius 1 is 1.09 bits per heavy atom. The van der Waals surface area contributed by atoms with E-state index in [2.05, 4.69) is 10.3 Å². The molecule has 1 heterocycles. The first-order chi connectivity index (χ1) is 10.6. The fourth-order valence-electron chi connectivity index (χ4n) is 2.08. The van der Waals surface area contributed by atoms with E-state index in [0.29, 0.717) is 5.02 Å². The Morgan fingerprint density at radius 3 is 2.41 bits per heavy atom. The van der Waals surface area contributed by atoms with Crippen LogP contribution in [0.15, 0.2) is 54.7 Å². The molecule has 0 unspecified atom stereocenters. The third kappa shape index (κ3) is 3.15. The van der Waals surface area contributed by atoms with Crippen LogP contribution >= 0.6 is 11.6 Å². The van der Waals surface area contributed by atoms with Gasteiger partial charge in [0.1, 0.15) is 5.69 Å². The molecule has 1 N–H and O–H groups in total. The number of carboxylic acids is 1. The van der Waals surface area contributed by atoms with Crippen molar-refractivity contribution in [3.05, 3.63) is 65.3 Å². The Hall–Kier alpha value is -2.66. The average Bonchev–Trinajstić information content (AvgIpc) is 2.98.